The minimum absolute atomic E-state index is 0.147. The lowest BCUT2D eigenvalue weighted by atomic mass is 10.2. The molecule has 0 saturated carbocycles. The van der Waals surface area contributed by atoms with Gasteiger partial charge in [0.25, 0.3) is 10.0 Å². The smallest absolute Gasteiger partial charge is 0.263 e. The van der Waals surface area contributed by atoms with Gasteiger partial charge in [-0.3, -0.25) is 4.72 Å². The van der Waals surface area contributed by atoms with Gasteiger partial charge in [-0.15, -0.1) is 0 Å². The number of rotatable bonds is 5. The van der Waals surface area contributed by atoms with E-state index in [1.54, 1.807) is 24.3 Å². The summed E-state index contributed by atoms with van der Waals surface area (Å²) in [7, 11) is -3.82. The van der Waals surface area contributed by atoms with Crippen LogP contribution in [0.3, 0.4) is 0 Å². The first-order chi connectivity index (χ1) is 13.9. The van der Waals surface area contributed by atoms with Crippen LogP contribution in [-0.2, 0) is 10.0 Å². The number of aryl methyl sites for hydroxylation is 2. The average molecular weight is 404 g/mol. The van der Waals surface area contributed by atoms with Gasteiger partial charge >= 0.3 is 0 Å². The maximum Gasteiger partial charge on any atom is 0.263 e. The highest BCUT2D eigenvalue weighted by Gasteiger charge is 2.19. The number of hydrogen-bond donors (Lipinski definition) is 2. The number of sulfonamides is 1. The van der Waals surface area contributed by atoms with Crippen LogP contribution < -0.4 is 10.0 Å². The largest absolute Gasteiger partial charge is 0.337 e. The SMILES string of the molecule is Cc1cccc(S(=O)(=O)Nc2nc3ccccc3nc2Nc2ccccc2C)c1. The molecular weight excluding hydrogens is 384 g/mol. The second kappa shape index (κ2) is 7.52. The van der Waals surface area contributed by atoms with Crippen molar-refractivity contribution in [2.45, 2.75) is 18.7 Å². The standard InChI is InChI=1S/C22H20N4O2S/c1-15-8-7-10-17(14-15)29(27,28)26-22-21(23-18-11-4-3-9-16(18)2)24-19-12-5-6-13-20(19)25-22/h3-14H,1-2H3,(H,23,24)(H,25,26). The molecule has 2 N–H and O–H groups in total. The van der Waals surface area contributed by atoms with E-state index in [2.05, 4.69) is 20.0 Å². The monoisotopic (exact) mass is 404 g/mol. The Labute approximate surface area is 169 Å². The van der Waals surface area contributed by atoms with E-state index in [4.69, 9.17) is 0 Å². The quantitative estimate of drug-likeness (QED) is 0.500. The molecule has 0 spiro atoms. The predicted molar refractivity (Wildman–Crippen MR) is 116 cm³/mol. The molecule has 4 rings (SSSR count). The Balaban J connectivity index is 1.80. The first-order valence-corrected chi connectivity index (χ1v) is 10.6. The van der Waals surface area contributed by atoms with E-state index in [0.29, 0.717) is 16.9 Å². The van der Waals surface area contributed by atoms with E-state index >= 15 is 0 Å². The predicted octanol–water partition coefficient (Wildman–Crippen LogP) is 4.79. The van der Waals surface area contributed by atoms with E-state index in [1.807, 2.05) is 62.4 Å². The van der Waals surface area contributed by atoms with Crippen molar-refractivity contribution in [2.24, 2.45) is 0 Å². The summed E-state index contributed by atoms with van der Waals surface area (Å²) >= 11 is 0. The van der Waals surface area contributed by atoms with Gasteiger partial charge in [-0.2, -0.15) is 0 Å². The van der Waals surface area contributed by atoms with Gasteiger partial charge in [0.2, 0.25) is 0 Å². The number of fused-ring (bicyclic) bond motifs is 1. The van der Waals surface area contributed by atoms with Gasteiger partial charge in [-0.25, -0.2) is 18.4 Å². The highest BCUT2D eigenvalue weighted by Crippen LogP contribution is 2.28. The highest BCUT2D eigenvalue weighted by molar-refractivity contribution is 7.92. The van der Waals surface area contributed by atoms with E-state index < -0.39 is 10.0 Å². The van der Waals surface area contributed by atoms with Crippen LogP contribution in [-0.4, -0.2) is 18.4 Å². The topological polar surface area (TPSA) is 84.0 Å². The molecule has 0 saturated heterocycles. The van der Waals surface area contributed by atoms with Crippen molar-refractivity contribution in [3.05, 3.63) is 83.9 Å². The third-order valence-corrected chi connectivity index (χ3v) is 5.84. The Hall–Kier alpha value is -3.45. The summed E-state index contributed by atoms with van der Waals surface area (Å²) in [5.41, 5.74) is 3.96. The van der Waals surface area contributed by atoms with Crippen LogP contribution in [0.25, 0.3) is 11.0 Å². The molecule has 0 atom stereocenters. The minimum Gasteiger partial charge on any atom is -0.337 e. The summed E-state index contributed by atoms with van der Waals surface area (Å²) in [5.74, 6) is 0.489. The fraction of sp³-hybridized carbons (Fsp3) is 0.0909. The summed E-state index contributed by atoms with van der Waals surface area (Å²) in [5, 5.41) is 3.22. The van der Waals surface area contributed by atoms with Crippen LogP contribution in [0.5, 0.6) is 0 Å². The van der Waals surface area contributed by atoms with E-state index in [0.717, 1.165) is 16.8 Å². The second-order valence-corrected chi connectivity index (χ2v) is 8.45. The van der Waals surface area contributed by atoms with Crippen molar-refractivity contribution in [1.82, 2.24) is 9.97 Å². The third kappa shape index (κ3) is 4.05. The molecule has 1 heterocycles. The normalized spacial score (nSPS) is 11.4. The Bertz CT molecular complexity index is 1300. The summed E-state index contributed by atoms with van der Waals surface area (Å²) in [4.78, 5) is 9.30. The Morgan fingerprint density at radius 2 is 1.41 bits per heavy atom. The zero-order chi connectivity index (χ0) is 20.4. The molecule has 0 aliphatic carbocycles. The fourth-order valence-electron chi connectivity index (χ4n) is 2.97. The number of anilines is 3. The third-order valence-electron chi connectivity index (χ3n) is 4.50. The lowest BCUT2D eigenvalue weighted by Crippen LogP contribution is -2.16. The molecule has 7 heteroatoms. The number of benzene rings is 3. The Morgan fingerprint density at radius 1 is 0.759 bits per heavy atom. The first-order valence-electron chi connectivity index (χ1n) is 9.11. The van der Waals surface area contributed by atoms with Crippen molar-refractivity contribution >= 4 is 38.4 Å². The summed E-state index contributed by atoms with van der Waals surface area (Å²) < 4.78 is 28.5. The molecule has 0 amide bonds. The van der Waals surface area contributed by atoms with E-state index in [1.165, 1.54) is 0 Å². The molecule has 0 fully saturated rings. The van der Waals surface area contributed by atoms with Crippen LogP contribution in [0.15, 0.2) is 77.7 Å². The number of nitrogens with zero attached hydrogens (tertiary/aromatic N) is 2. The van der Waals surface area contributed by atoms with Gasteiger partial charge in [0.15, 0.2) is 11.6 Å². The second-order valence-electron chi connectivity index (χ2n) is 6.77. The van der Waals surface area contributed by atoms with Gasteiger partial charge in [0, 0.05) is 5.69 Å². The van der Waals surface area contributed by atoms with Crippen LogP contribution in [0, 0.1) is 13.8 Å². The molecule has 29 heavy (non-hydrogen) atoms. The number of para-hydroxylation sites is 3. The molecule has 3 aromatic carbocycles. The zero-order valence-corrected chi connectivity index (χ0v) is 16.9. The maximum absolute atomic E-state index is 13.0. The van der Waals surface area contributed by atoms with Gasteiger partial charge < -0.3 is 5.32 Å². The van der Waals surface area contributed by atoms with Crippen LogP contribution >= 0.6 is 0 Å². The fourth-order valence-corrected chi connectivity index (χ4v) is 4.08. The van der Waals surface area contributed by atoms with Crippen molar-refractivity contribution < 1.29 is 8.42 Å². The van der Waals surface area contributed by atoms with Gasteiger partial charge in [0.05, 0.1) is 15.9 Å². The highest BCUT2D eigenvalue weighted by atomic mass is 32.2. The molecule has 146 valence electrons. The molecule has 4 aromatic rings. The lowest BCUT2D eigenvalue weighted by molar-refractivity contribution is 0.601. The van der Waals surface area contributed by atoms with E-state index in [9.17, 15) is 8.42 Å². The summed E-state index contributed by atoms with van der Waals surface area (Å²) in [6.45, 7) is 3.81. The van der Waals surface area contributed by atoms with Crippen LogP contribution in [0.4, 0.5) is 17.3 Å². The van der Waals surface area contributed by atoms with E-state index in [-0.39, 0.29) is 10.7 Å². The average Bonchev–Trinajstić information content (AvgIpc) is 2.70. The Kier molecular flexibility index (Phi) is 4.90. The minimum atomic E-state index is -3.82. The van der Waals surface area contributed by atoms with Crippen molar-refractivity contribution in [1.29, 1.82) is 0 Å². The van der Waals surface area contributed by atoms with Crippen LogP contribution in [0.1, 0.15) is 11.1 Å². The van der Waals surface area contributed by atoms with Gasteiger partial charge in [-0.1, -0.05) is 42.5 Å². The van der Waals surface area contributed by atoms with Crippen molar-refractivity contribution in [2.75, 3.05) is 10.0 Å². The molecule has 0 aliphatic heterocycles. The number of nitrogens with one attached hydrogen (secondary N) is 2. The first kappa shape index (κ1) is 18.9. The maximum atomic E-state index is 13.0. The molecule has 1 aromatic heterocycles. The lowest BCUT2D eigenvalue weighted by Gasteiger charge is -2.15. The molecular formula is C22H20N4O2S. The zero-order valence-electron chi connectivity index (χ0n) is 16.0. The van der Waals surface area contributed by atoms with Crippen molar-refractivity contribution in [3.63, 3.8) is 0 Å². The molecule has 0 aliphatic rings. The van der Waals surface area contributed by atoms with Crippen LogP contribution in [0.2, 0.25) is 0 Å². The van der Waals surface area contributed by atoms with Gasteiger partial charge in [0.1, 0.15) is 0 Å². The summed E-state index contributed by atoms with van der Waals surface area (Å²) in [6, 6.07) is 21.8. The number of aromatic nitrogens is 2. The summed E-state index contributed by atoms with van der Waals surface area (Å²) in [6.07, 6.45) is 0. The van der Waals surface area contributed by atoms with Gasteiger partial charge in [-0.05, 0) is 55.3 Å². The molecule has 0 bridgehead atoms. The van der Waals surface area contributed by atoms with Crippen molar-refractivity contribution in [3.8, 4) is 0 Å². The molecule has 6 nitrogen and oxygen atoms in total. The molecule has 0 radical (unpaired) electrons. The Morgan fingerprint density at radius 3 is 2.10 bits per heavy atom. The molecule has 0 unspecified atom stereocenters. The number of hydrogen-bond acceptors (Lipinski definition) is 5.